The van der Waals surface area contributed by atoms with E-state index in [1.165, 1.54) is 17.0 Å². The minimum Gasteiger partial charge on any atom is -0.352 e. The minimum absolute atomic E-state index is 0.0150. The topological polar surface area (TPSA) is 86.8 Å². The summed E-state index contributed by atoms with van der Waals surface area (Å²) in [6, 6.07) is 21.4. The van der Waals surface area contributed by atoms with E-state index >= 15 is 0 Å². The zero-order valence-electron chi connectivity index (χ0n) is 23.6. The molecule has 41 heavy (non-hydrogen) atoms. The molecule has 3 aromatic rings. The molecule has 2 amide bonds. The Morgan fingerprint density at radius 3 is 2.10 bits per heavy atom. The minimum atomic E-state index is -3.83. The van der Waals surface area contributed by atoms with Crippen LogP contribution in [0, 0.1) is 5.82 Å². The van der Waals surface area contributed by atoms with E-state index in [1.807, 2.05) is 49.4 Å². The summed E-state index contributed by atoms with van der Waals surface area (Å²) in [4.78, 5) is 29.4. The van der Waals surface area contributed by atoms with Crippen molar-refractivity contribution in [1.82, 2.24) is 10.2 Å². The molecule has 0 bridgehead atoms. The fourth-order valence-corrected chi connectivity index (χ4v) is 6.07. The summed E-state index contributed by atoms with van der Waals surface area (Å²) in [6.07, 6.45) is 5.93. The third kappa shape index (κ3) is 8.39. The molecule has 0 radical (unpaired) electrons. The lowest BCUT2D eigenvalue weighted by Gasteiger charge is -2.34. The molecule has 0 aliphatic heterocycles. The van der Waals surface area contributed by atoms with Crippen LogP contribution in [0.1, 0.15) is 49.3 Å². The van der Waals surface area contributed by atoms with Crippen LogP contribution in [0.5, 0.6) is 0 Å². The average molecular weight is 580 g/mol. The highest BCUT2D eigenvalue weighted by molar-refractivity contribution is 7.92. The monoisotopic (exact) mass is 579 g/mol. The molecule has 1 aliphatic carbocycles. The van der Waals surface area contributed by atoms with Gasteiger partial charge in [-0.15, -0.1) is 0 Å². The molecule has 0 aromatic heterocycles. The molecule has 7 nitrogen and oxygen atoms in total. The van der Waals surface area contributed by atoms with Crippen LogP contribution < -0.4 is 9.62 Å². The van der Waals surface area contributed by atoms with Crippen LogP contribution >= 0.6 is 0 Å². The van der Waals surface area contributed by atoms with Crippen molar-refractivity contribution in [3.63, 3.8) is 0 Å². The van der Waals surface area contributed by atoms with E-state index in [2.05, 4.69) is 5.32 Å². The van der Waals surface area contributed by atoms with Crippen LogP contribution in [0.2, 0.25) is 0 Å². The number of carbonyl (C=O) groups is 2. The highest BCUT2D eigenvalue weighted by atomic mass is 32.2. The highest BCUT2D eigenvalue weighted by Gasteiger charge is 2.34. The molecule has 1 atom stereocenters. The van der Waals surface area contributed by atoms with Crippen molar-refractivity contribution >= 4 is 27.5 Å². The summed E-state index contributed by atoms with van der Waals surface area (Å²) in [7, 11) is -3.83. The van der Waals surface area contributed by atoms with Crippen molar-refractivity contribution in [1.29, 1.82) is 0 Å². The third-order valence-corrected chi connectivity index (χ3v) is 8.69. The molecular formula is C32H38FN3O4S. The SMILES string of the molecule is CCc1ccc(N(CC(=O)N(Cc2ccc(F)cc2)[C@H](Cc2ccccc2)C(=O)NC2CCCC2)S(C)(=O)=O)cc1. The number of sulfonamides is 1. The van der Waals surface area contributed by atoms with E-state index in [1.54, 1.807) is 24.3 Å². The maximum absolute atomic E-state index is 14.1. The maximum Gasteiger partial charge on any atom is 0.244 e. The first kappa shape index (κ1) is 30.2. The number of hydrogen-bond acceptors (Lipinski definition) is 4. The third-order valence-electron chi connectivity index (χ3n) is 7.55. The number of nitrogens with one attached hydrogen (secondary N) is 1. The van der Waals surface area contributed by atoms with Gasteiger partial charge in [-0.1, -0.05) is 74.4 Å². The van der Waals surface area contributed by atoms with Crippen molar-refractivity contribution in [2.24, 2.45) is 0 Å². The smallest absolute Gasteiger partial charge is 0.244 e. The Morgan fingerprint density at radius 2 is 1.51 bits per heavy atom. The first-order chi connectivity index (χ1) is 19.6. The van der Waals surface area contributed by atoms with Crippen molar-refractivity contribution in [3.8, 4) is 0 Å². The van der Waals surface area contributed by atoms with Gasteiger partial charge in [0.2, 0.25) is 21.8 Å². The second kappa shape index (κ2) is 13.8. The van der Waals surface area contributed by atoms with Crippen LogP contribution in [0.25, 0.3) is 0 Å². The van der Waals surface area contributed by atoms with Gasteiger partial charge in [-0.25, -0.2) is 12.8 Å². The molecule has 1 N–H and O–H groups in total. The quantitative estimate of drug-likeness (QED) is 0.332. The lowest BCUT2D eigenvalue weighted by molar-refractivity contribution is -0.140. The largest absolute Gasteiger partial charge is 0.352 e. The molecule has 218 valence electrons. The summed E-state index contributed by atoms with van der Waals surface area (Å²) in [5.74, 6) is -1.22. The molecule has 4 rings (SSSR count). The number of anilines is 1. The predicted octanol–water partition coefficient (Wildman–Crippen LogP) is 4.85. The van der Waals surface area contributed by atoms with E-state index in [4.69, 9.17) is 0 Å². The second-order valence-electron chi connectivity index (χ2n) is 10.6. The van der Waals surface area contributed by atoms with E-state index in [9.17, 15) is 22.4 Å². The number of hydrogen-bond donors (Lipinski definition) is 1. The summed E-state index contributed by atoms with van der Waals surface area (Å²) >= 11 is 0. The Labute approximate surface area is 242 Å². The fraction of sp³-hybridized carbons (Fsp3) is 0.375. The van der Waals surface area contributed by atoms with Crippen LogP contribution in [0.15, 0.2) is 78.9 Å². The Hall–Kier alpha value is -3.72. The van der Waals surface area contributed by atoms with Gasteiger partial charge in [0, 0.05) is 19.0 Å². The Kier molecular flexibility index (Phi) is 10.2. The van der Waals surface area contributed by atoms with Gasteiger partial charge in [0.15, 0.2) is 0 Å². The van der Waals surface area contributed by atoms with Crippen LogP contribution in [0.3, 0.4) is 0 Å². The second-order valence-corrected chi connectivity index (χ2v) is 12.5. The maximum atomic E-state index is 14.1. The van der Waals surface area contributed by atoms with Gasteiger partial charge in [0.1, 0.15) is 18.4 Å². The number of benzene rings is 3. The molecule has 0 heterocycles. The molecule has 1 saturated carbocycles. The fourth-order valence-electron chi connectivity index (χ4n) is 5.22. The number of nitrogens with zero attached hydrogens (tertiary/aromatic N) is 2. The number of aryl methyl sites for hydroxylation is 1. The average Bonchev–Trinajstić information content (AvgIpc) is 3.47. The number of carbonyl (C=O) groups excluding carboxylic acids is 2. The lowest BCUT2D eigenvalue weighted by Crippen LogP contribution is -2.54. The predicted molar refractivity (Wildman–Crippen MR) is 159 cm³/mol. The van der Waals surface area contributed by atoms with Crippen LogP contribution in [-0.2, 0) is 39.0 Å². The highest BCUT2D eigenvalue weighted by Crippen LogP contribution is 2.23. The molecule has 0 spiro atoms. The molecular weight excluding hydrogens is 541 g/mol. The summed E-state index contributed by atoms with van der Waals surface area (Å²) in [6.45, 7) is 1.54. The van der Waals surface area contributed by atoms with Crippen LogP contribution in [0.4, 0.5) is 10.1 Å². The first-order valence-corrected chi connectivity index (χ1v) is 15.9. The molecule has 3 aromatic carbocycles. The summed E-state index contributed by atoms with van der Waals surface area (Å²) in [5, 5.41) is 3.13. The standard InChI is InChI=1S/C32H38FN3O4S/c1-3-24-15-19-29(20-16-24)36(41(2,39)40)23-31(37)35(22-26-13-17-27(33)18-14-26)30(21-25-9-5-4-6-10-25)32(38)34-28-11-7-8-12-28/h4-6,9-10,13-20,28,30H,3,7-8,11-12,21-23H2,1-2H3,(H,34,38)/t30-/m1/s1. The van der Waals surface area contributed by atoms with Gasteiger partial charge >= 0.3 is 0 Å². The normalized spacial score (nSPS) is 14.4. The number of halogens is 1. The summed E-state index contributed by atoms with van der Waals surface area (Å²) < 4.78 is 40.6. The zero-order valence-corrected chi connectivity index (χ0v) is 24.4. The summed E-state index contributed by atoms with van der Waals surface area (Å²) in [5.41, 5.74) is 2.91. The Balaban J connectivity index is 1.71. The van der Waals surface area contributed by atoms with E-state index in [0.717, 1.165) is 53.8 Å². The van der Waals surface area contributed by atoms with E-state index in [0.29, 0.717) is 11.3 Å². The van der Waals surface area contributed by atoms with Gasteiger partial charge in [0.05, 0.1) is 11.9 Å². The van der Waals surface area contributed by atoms with E-state index < -0.39 is 34.3 Å². The molecule has 1 aliphatic rings. The Morgan fingerprint density at radius 1 is 0.902 bits per heavy atom. The van der Waals surface area contributed by atoms with Gasteiger partial charge < -0.3 is 10.2 Å². The first-order valence-electron chi connectivity index (χ1n) is 14.1. The molecule has 1 fully saturated rings. The number of amides is 2. The van der Waals surface area contributed by atoms with Crippen molar-refractivity contribution in [3.05, 3.63) is 101 Å². The Bertz CT molecular complexity index is 1410. The van der Waals surface area contributed by atoms with E-state index in [-0.39, 0.29) is 24.9 Å². The lowest BCUT2D eigenvalue weighted by atomic mass is 10.0. The zero-order chi connectivity index (χ0) is 29.4. The van der Waals surface area contributed by atoms with Crippen molar-refractivity contribution < 1.29 is 22.4 Å². The van der Waals surface area contributed by atoms with Crippen molar-refractivity contribution in [2.75, 3.05) is 17.1 Å². The van der Waals surface area contributed by atoms with Crippen LogP contribution in [-0.4, -0.2) is 50.0 Å². The van der Waals surface area contributed by atoms with Gasteiger partial charge in [-0.05, 0) is 60.2 Å². The molecule has 0 unspecified atom stereocenters. The van der Waals surface area contributed by atoms with Gasteiger partial charge in [-0.2, -0.15) is 0 Å². The van der Waals surface area contributed by atoms with Crippen molar-refractivity contribution in [2.45, 2.75) is 64.1 Å². The molecule has 9 heteroatoms. The van der Waals surface area contributed by atoms with Gasteiger partial charge in [0.25, 0.3) is 0 Å². The number of rotatable bonds is 12. The van der Waals surface area contributed by atoms with Gasteiger partial charge in [-0.3, -0.25) is 13.9 Å². The molecule has 0 saturated heterocycles.